The van der Waals surface area contributed by atoms with Crippen molar-refractivity contribution in [3.8, 4) is 6.07 Å². The fourth-order valence-electron chi connectivity index (χ4n) is 3.37. The summed E-state index contributed by atoms with van der Waals surface area (Å²) >= 11 is 0. The van der Waals surface area contributed by atoms with Gasteiger partial charge in [-0.15, -0.1) is 0 Å². The number of anilines is 1. The van der Waals surface area contributed by atoms with Crippen molar-refractivity contribution in [1.29, 1.82) is 5.26 Å². The Bertz CT molecular complexity index is 595. The lowest BCUT2D eigenvalue weighted by Crippen LogP contribution is -2.35. The highest BCUT2D eigenvalue weighted by Gasteiger charge is 2.32. The number of aryl methyl sites for hydroxylation is 1. The Hall–Kier alpha value is -1.60. The van der Waals surface area contributed by atoms with Crippen molar-refractivity contribution in [2.75, 3.05) is 18.0 Å². The van der Waals surface area contributed by atoms with Gasteiger partial charge in [0.15, 0.2) is 0 Å². The highest BCUT2D eigenvalue weighted by molar-refractivity contribution is 5.61. The number of nitrogens with zero attached hydrogens (tertiary/aromatic N) is 3. The van der Waals surface area contributed by atoms with Crippen LogP contribution in [0.4, 0.5) is 5.82 Å². The molecule has 1 fully saturated rings. The molecule has 0 N–H and O–H groups in total. The van der Waals surface area contributed by atoms with Crippen LogP contribution in [0.15, 0.2) is 0 Å². The lowest BCUT2D eigenvalue weighted by molar-refractivity contribution is -0.0405. The number of hydrogen-bond donors (Lipinski definition) is 0. The largest absolute Gasteiger partial charge is 0.370 e. The van der Waals surface area contributed by atoms with Crippen LogP contribution >= 0.6 is 0 Å². The monoisotopic (exact) mass is 285 g/mol. The van der Waals surface area contributed by atoms with Crippen molar-refractivity contribution >= 4 is 5.82 Å². The molecule has 0 radical (unpaired) electrons. The minimum atomic E-state index is -0.203. The fourth-order valence-corrected chi connectivity index (χ4v) is 3.37. The van der Waals surface area contributed by atoms with E-state index in [9.17, 15) is 5.26 Å². The third-order valence-corrected chi connectivity index (χ3v) is 4.58. The highest BCUT2D eigenvalue weighted by atomic mass is 16.5. The molecule has 0 aromatic carbocycles. The van der Waals surface area contributed by atoms with E-state index in [-0.39, 0.29) is 5.60 Å². The number of rotatable bonds is 1. The molecule has 0 bridgehead atoms. The molecule has 3 rings (SSSR count). The number of fused-ring (bicyclic) bond motifs is 1. The van der Waals surface area contributed by atoms with E-state index in [1.807, 2.05) is 6.92 Å². The molecular weight excluding hydrogens is 262 g/mol. The Labute approximate surface area is 126 Å². The minimum absolute atomic E-state index is 0.203. The van der Waals surface area contributed by atoms with E-state index in [1.54, 1.807) is 0 Å². The smallest absolute Gasteiger partial charge is 0.147 e. The van der Waals surface area contributed by atoms with Gasteiger partial charge in [-0.25, -0.2) is 4.98 Å². The third-order valence-electron chi connectivity index (χ3n) is 4.58. The first-order chi connectivity index (χ1) is 10.0. The maximum Gasteiger partial charge on any atom is 0.147 e. The van der Waals surface area contributed by atoms with Gasteiger partial charge >= 0.3 is 0 Å². The van der Waals surface area contributed by atoms with Crippen molar-refractivity contribution in [2.24, 2.45) is 0 Å². The predicted octanol–water partition coefficient (Wildman–Crippen LogP) is 3.10. The quantitative estimate of drug-likeness (QED) is 0.795. The third kappa shape index (κ3) is 2.63. The molecule has 0 aliphatic carbocycles. The van der Waals surface area contributed by atoms with Crippen LogP contribution in [0.1, 0.15) is 55.5 Å². The van der Waals surface area contributed by atoms with Crippen LogP contribution in [0.2, 0.25) is 0 Å². The summed E-state index contributed by atoms with van der Waals surface area (Å²) in [5.41, 5.74) is 3.85. The van der Waals surface area contributed by atoms with Crippen molar-refractivity contribution in [1.82, 2.24) is 4.98 Å². The van der Waals surface area contributed by atoms with Crippen molar-refractivity contribution in [3.05, 3.63) is 22.4 Å². The summed E-state index contributed by atoms with van der Waals surface area (Å²) in [6.45, 7) is 8.81. The number of pyridine rings is 1. The predicted molar refractivity (Wildman–Crippen MR) is 82.3 cm³/mol. The second kappa shape index (κ2) is 5.31. The van der Waals surface area contributed by atoms with Crippen molar-refractivity contribution in [2.45, 2.75) is 58.7 Å². The standard InChI is InChI=1S/C17H23N3O/c1-12-15-11-21-17(2,3)9-13(15)14(10-18)16(19-12)20-7-5-4-6-8-20/h4-9,11H2,1-3H3. The molecule has 0 atom stereocenters. The summed E-state index contributed by atoms with van der Waals surface area (Å²) in [4.78, 5) is 7.04. The van der Waals surface area contributed by atoms with Crippen LogP contribution < -0.4 is 4.90 Å². The van der Waals surface area contributed by atoms with E-state index in [2.05, 4.69) is 24.8 Å². The normalized spacial score (nSPS) is 20.8. The SMILES string of the molecule is Cc1nc(N2CCCCC2)c(C#N)c2c1COC(C)(C)C2. The summed E-state index contributed by atoms with van der Waals surface area (Å²) in [5, 5.41) is 9.71. The molecule has 1 aromatic heterocycles. The zero-order valence-electron chi connectivity index (χ0n) is 13.2. The molecule has 1 saturated heterocycles. The van der Waals surface area contributed by atoms with E-state index in [1.165, 1.54) is 19.3 Å². The van der Waals surface area contributed by atoms with Gasteiger partial charge in [-0.05, 0) is 45.6 Å². The summed E-state index contributed by atoms with van der Waals surface area (Å²) in [7, 11) is 0. The van der Waals surface area contributed by atoms with Gasteiger partial charge in [0.05, 0.1) is 17.8 Å². The lowest BCUT2D eigenvalue weighted by atomic mass is 9.88. The van der Waals surface area contributed by atoms with Gasteiger partial charge < -0.3 is 9.64 Å². The Morgan fingerprint density at radius 2 is 1.90 bits per heavy atom. The average molecular weight is 285 g/mol. The van der Waals surface area contributed by atoms with Crippen LogP contribution in [0, 0.1) is 18.3 Å². The van der Waals surface area contributed by atoms with Gasteiger partial charge in [-0.3, -0.25) is 0 Å². The van der Waals surface area contributed by atoms with Crippen molar-refractivity contribution in [3.63, 3.8) is 0 Å². The topological polar surface area (TPSA) is 49.2 Å². The molecule has 0 unspecified atom stereocenters. The Morgan fingerprint density at radius 3 is 2.57 bits per heavy atom. The molecule has 21 heavy (non-hydrogen) atoms. The highest BCUT2D eigenvalue weighted by Crippen LogP contribution is 2.35. The number of aromatic nitrogens is 1. The molecule has 3 heterocycles. The first-order valence-corrected chi connectivity index (χ1v) is 7.83. The summed E-state index contributed by atoms with van der Waals surface area (Å²) in [5.74, 6) is 0.895. The van der Waals surface area contributed by atoms with Crippen molar-refractivity contribution < 1.29 is 4.74 Å². The molecule has 2 aliphatic rings. The van der Waals surface area contributed by atoms with E-state index in [0.717, 1.165) is 47.7 Å². The Morgan fingerprint density at radius 1 is 1.19 bits per heavy atom. The van der Waals surface area contributed by atoms with E-state index >= 15 is 0 Å². The maximum atomic E-state index is 9.71. The Balaban J connectivity index is 2.10. The number of nitriles is 1. The molecule has 0 saturated carbocycles. The maximum absolute atomic E-state index is 9.71. The zero-order chi connectivity index (χ0) is 15.0. The average Bonchev–Trinajstić information content (AvgIpc) is 2.46. The fraction of sp³-hybridized carbons (Fsp3) is 0.647. The van der Waals surface area contributed by atoms with Gasteiger partial charge in [0.2, 0.25) is 0 Å². The summed E-state index contributed by atoms with van der Waals surface area (Å²) in [6, 6.07) is 2.43. The van der Waals surface area contributed by atoms with E-state index < -0.39 is 0 Å². The molecule has 4 nitrogen and oxygen atoms in total. The Kier molecular flexibility index (Phi) is 3.62. The van der Waals surface area contributed by atoms with Crippen LogP contribution in [0.25, 0.3) is 0 Å². The first kappa shape index (κ1) is 14.3. The van der Waals surface area contributed by atoms with Gasteiger partial charge in [-0.2, -0.15) is 5.26 Å². The second-order valence-electron chi connectivity index (χ2n) is 6.74. The summed E-state index contributed by atoms with van der Waals surface area (Å²) in [6.07, 6.45) is 4.45. The number of hydrogen-bond acceptors (Lipinski definition) is 4. The van der Waals surface area contributed by atoms with Crippen LogP contribution in [0.3, 0.4) is 0 Å². The molecule has 0 amide bonds. The van der Waals surface area contributed by atoms with E-state index in [0.29, 0.717) is 6.61 Å². The molecule has 1 aromatic rings. The van der Waals surface area contributed by atoms with Crippen LogP contribution in [-0.4, -0.2) is 23.7 Å². The molecule has 4 heteroatoms. The minimum Gasteiger partial charge on any atom is -0.370 e. The number of ether oxygens (including phenoxy) is 1. The van der Waals surface area contributed by atoms with Crippen LogP contribution in [-0.2, 0) is 17.8 Å². The van der Waals surface area contributed by atoms with Gasteiger partial charge in [0, 0.05) is 30.8 Å². The van der Waals surface area contributed by atoms with Gasteiger partial charge in [-0.1, -0.05) is 0 Å². The summed E-state index contributed by atoms with van der Waals surface area (Å²) < 4.78 is 5.89. The molecular formula is C17H23N3O. The van der Waals surface area contributed by atoms with Gasteiger partial charge in [0.25, 0.3) is 0 Å². The molecule has 112 valence electrons. The van der Waals surface area contributed by atoms with E-state index in [4.69, 9.17) is 9.72 Å². The molecule has 0 spiro atoms. The van der Waals surface area contributed by atoms with Crippen LogP contribution in [0.5, 0.6) is 0 Å². The van der Waals surface area contributed by atoms with Gasteiger partial charge in [0.1, 0.15) is 11.9 Å². The lowest BCUT2D eigenvalue weighted by Gasteiger charge is -2.35. The first-order valence-electron chi connectivity index (χ1n) is 7.83. The second-order valence-corrected chi connectivity index (χ2v) is 6.74. The zero-order valence-corrected chi connectivity index (χ0v) is 13.2. The molecule has 2 aliphatic heterocycles. The number of piperidine rings is 1.